The van der Waals surface area contributed by atoms with E-state index in [4.69, 9.17) is 4.74 Å². The Labute approximate surface area is 90.6 Å². The molecule has 0 aromatic heterocycles. The molecule has 0 N–H and O–H groups in total. The molecule has 0 aliphatic rings. The lowest BCUT2D eigenvalue weighted by atomic mass is 10.1. The third kappa shape index (κ3) is 3.58. The number of hydrogen-bond donors (Lipinski definition) is 0. The lowest BCUT2D eigenvalue weighted by molar-refractivity contribution is 0.0526. The summed E-state index contributed by atoms with van der Waals surface area (Å²) >= 11 is 0. The number of ether oxygens (including phenoxy) is 1. The van der Waals surface area contributed by atoms with Gasteiger partial charge in [-0.25, -0.2) is 4.79 Å². The fraction of sp³-hybridized carbons (Fsp3) is 0.308. The predicted molar refractivity (Wildman–Crippen MR) is 60.9 cm³/mol. The summed E-state index contributed by atoms with van der Waals surface area (Å²) in [6, 6.07) is 7.51. The molecule has 0 fully saturated rings. The average molecular weight is 204 g/mol. The first-order chi connectivity index (χ1) is 7.27. The molecule has 1 aromatic carbocycles. The molecule has 0 heterocycles. The van der Waals surface area contributed by atoms with Gasteiger partial charge in [0.1, 0.15) is 0 Å². The summed E-state index contributed by atoms with van der Waals surface area (Å²) in [6.07, 6.45) is 5.00. The lowest BCUT2D eigenvalue weighted by Gasteiger charge is -2.02. The Morgan fingerprint density at radius 3 is 2.53 bits per heavy atom. The van der Waals surface area contributed by atoms with E-state index in [9.17, 15) is 4.79 Å². The monoisotopic (exact) mass is 204 g/mol. The highest BCUT2D eigenvalue weighted by atomic mass is 16.5. The van der Waals surface area contributed by atoms with Crippen LogP contribution in [-0.4, -0.2) is 12.6 Å². The second kappa shape index (κ2) is 6.02. The van der Waals surface area contributed by atoms with Crippen LogP contribution in [0, 0.1) is 0 Å². The van der Waals surface area contributed by atoms with Crippen LogP contribution in [0.25, 0.3) is 0 Å². The average Bonchev–Trinajstić information content (AvgIpc) is 2.27. The first-order valence-corrected chi connectivity index (χ1v) is 5.15. The van der Waals surface area contributed by atoms with Gasteiger partial charge in [0.05, 0.1) is 12.2 Å². The minimum Gasteiger partial charge on any atom is -0.462 e. The van der Waals surface area contributed by atoms with Crippen molar-refractivity contribution in [1.29, 1.82) is 0 Å². The summed E-state index contributed by atoms with van der Waals surface area (Å²) in [7, 11) is 0. The molecule has 0 atom stereocenters. The second-order valence-corrected chi connectivity index (χ2v) is 3.19. The summed E-state index contributed by atoms with van der Waals surface area (Å²) in [6.45, 7) is 4.21. The SMILES string of the molecule is C/C=C/Cc1ccc(C(=O)OCC)cc1. The molecule has 0 aliphatic heterocycles. The van der Waals surface area contributed by atoms with Crippen LogP contribution < -0.4 is 0 Å². The molecule has 0 radical (unpaired) electrons. The molecule has 1 aromatic rings. The summed E-state index contributed by atoms with van der Waals surface area (Å²) in [5, 5.41) is 0. The van der Waals surface area contributed by atoms with E-state index in [1.54, 1.807) is 19.1 Å². The molecule has 0 aliphatic carbocycles. The molecule has 0 bridgehead atoms. The van der Waals surface area contributed by atoms with Crippen molar-refractivity contribution in [3.05, 3.63) is 47.5 Å². The fourth-order valence-corrected chi connectivity index (χ4v) is 1.25. The maximum Gasteiger partial charge on any atom is 0.338 e. The van der Waals surface area contributed by atoms with Crippen LogP contribution in [0.1, 0.15) is 29.8 Å². The molecule has 80 valence electrons. The molecule has 2 heteroatoms. The normalized spacial score (nSPS) is 10.5. The summed E-state index contributed by atoms with van der Waals surface area (Å²) in [4.78, 5) is 11.3. The van der Waals surface area contributed by atoms with Gasteiger partial charge in [-0.2, -0.15) is 0 Å². The van der Waals surface area contributed by atoms with Crippen LogP contribution in [0.5, 0.6) is 0 Å². The zero-order chi connectivity index (χ0) is 11.1. The third-order valence-corrected chi connectivity index (χ3v) is 2.05. The van der Waals surface area contributed by atoms with Crippen molar-refractivity contribution >= 4 is 5.97 Å². The van der Waals surface area contributed by atoms with E-state index in [-0.39, 0.29) is 5.97 Å². The molecule has 0 spiro atoms. The first-order valence-electron chi connectivity index (χ1n) is 5.15. The van der Waals surface area contributed by atoms with Crippen molar-refractivity contribution < 1.29 is 9.53 Å². The second-order valence-electron chi connectivity index (χ2n) is 3.19. The van der Waals surface area contributed by atoms with Gasteiger partial charge < -0.3 is 4.74 Å². The van der Waals surface area contributed by atoms with Crippen LogP contribution in [0.4, 0.5) is 0 Å². The number of esters is 1. The summed E-state index contributed by atoms with van der Waals surface area (Å²) < 4.78 is 4.90. The van der Waals surface area contributed by atoms with Gasteiger partial charge in [0.15, 0.2) is 0 Å². The molecule has 2 nitrogen and oxygen atoms in total. The van der Waals surface area contributed by atoms with Crippen molar-refractivity contribution in [1.82, 2.24) is 0 Å². The predicted octanol–water partition coefficient (Wildman–Crippen LogP) is 2.98. The van der Waals surface area contributed by atoms with Crippen LogP contribution in [-0.2, 0) is 11.2 Å². The lowest BCUT2D eigenvalue weighted by Crippen LogP contribution is -2.04. The van der Waals surface area contributed by atoms with Gasteiger partial charge in [-0.15, -0.1) is 0 Å². The Balaban J connectivity index is 2.67. The minimum atomic E-state index is -0.255. The zero-order valence-corrected chi connectivity index (χ0v) is 9.19. The molecule has 0 amide bonds. The molecular weight excluding hydrogens is 188 g/mol. The largest absolute Gasteiger partial charge is 0.462 e. The topological polar surface area (TPSA) is 26.3 Å². The quantitative estimate of drug-likeness (QED) is 0.556. The van der Waals surface area contributed by atoms with Gasteiger partial charge in [-0.3, -0.25) is 0 Å². The summed E-state index contributed by atoms with van der Waals surface area (Å²) in [5.74, 6) is -0.255. The van der Waals surface area contributed by atoms with Crippen molar-refractivity contribution in [2.45, 2.75) is 20.3 Å². The van der Waals surface area contributed by atoms with Gasteiger partial charge in [0, 0.05) is 0 Å². The standard InChI is InChI=1S/C13H16O2/c1-3-5-6-11-7-9-12(10-8-11)13(14)15-4-2/h3,5,7-10H,4,6H2,1-2H3/b5-3+. The Kier molecular flexibility index (Phi) is 4.61. The maximum atomic E-state index is 11.3. The smallest absolute Gasteiger partial charge is 0.338 e. The Bertz CT molecular complexity index is 336. The van der Waals surface area contributed by atoms with E-state index < -0.39 is 0 Å². The Hall–Kier alpha value is -1.57. The van der Waals surface area contributed by atoms with Crippen molar-refractivity contribution in [3.8, 4) is 0 Å². The van der Waals surface area contributed by atoms with E-state index in [1.807, 2.05) is 25.1 Å². The molecule has 0 saturated heterocycles. The number of benzene rings is 1. The van der Waals surface area contributed by atoms with Crippen molar-refractivity contribution in [3.63, 3.8) is 0 Å². The fourth-order valence-electron chi connectivity index (χ4n) is 1.25. The van der Waals surface area contributed by atoms with Crippen molar-refractivity contribution in [2.24, 2.45) is 0 Å². The molecule has 15 heavy (non-hydrogen) atoms. The maximum absolute atomic E-state index is 11.3. The van der Waals surface area contributed by atoms with E-state index in [2.05, 4.69) is 6.08 Å². The summed E-state index contributed by atoms with van der Waals surface area (Å²) in [5.41, 5.74) is 1.81. The van der Waals surface area contributed by atoms with Gasteiger partial charge in [0.2, 0.25) is 0 Å². The number of hydrogen-bond acceptors (Lipinski definition) is 2. The van der Waals surface area contributed by atoms with Crippen LogP contribution >= 0.6 is 0 Å². The van der Waals surface area contributed by atoms with Gasteiger partial charge >= 0.3 is 5.97 Å². The van der Waals surface area contributed by atoms with Gasteiger partial charge in [0.25, 0.3) is 0 Å². The third-order valence-electron chi connectivity index (χ3n) is 2.05. The minimum absolute atomic E-state index is 0.255. The van der Waals surface area contributed by atoms with E-state index in [0.717, 1.165) is 6.42 Å². The number of carbonyl (C=O) groups excluding carboxylic acids is 1. The molecule has 0 unspecified atom stereocenters. The Morgan fingerprint density at radius 2 is 2.00 bits per heavy atom. The van der Waals surface area contributed by atoms with Gasteiger partial charge in [-0.1, -0.05) is 24.3 Å². The van der Waals surface area contributed by atoms with Gasteiger partial charge in [-0.05, 0) is 38.0 Å². The van der Waals surface area contributed by atoms with Crippen LogP contribution in [0.15, 0.2) is 36.4 Å². The van der Waals surface area contributed by atoms with Crippen LogP contribution in [0.2, 0.25) is 0 Å². The highest BCUT2D eigenvalue weighted by molar-refractivity contribution is 5.89. The highest BCUT2D eigenvalue weighted by Gasteiger charge is 2.04. The van der Waals surface area contributed by atoms with Crippen LogP contribution in [0.3, 0.4) is 0 Å². The molecular formula is C13H16O2. The van der Waals surface area contributed by atoms with E-state index in [0.29, 0.717) is 12.2 Å². The number of carbonyl (C=O) groups is 1. The zero-order valence-electron chi connectivity index (χ0n) is 9.19. The highest BCUT2D eigenvalue weighted by Crippen LogP contribution is 2.07. The molecule has 0 saturated carbocycles. The molecule has 1 rings (SSSR count). The van der Waals surface area contributed by atoms with Crippen molar-refractivity contribution in [2.75, 3.05) is 6.61 Å². The van der Waals surface area contributed by atoms with E-state index >= 15 is 0 Å². The van der Waals surface area contributed by atoms with E-state index in [1.165, 1.54) is 5.56 Å². The number of rotatable bonds is 4. The Morgan fingerprint density at radius 1 is 1.33 bits per heavy atom. The first kappa shape index (κ1) is 11.5. The number of allylic oxidation sites excluding steroid dienone is 2.